The minimum absolute atomic E-state index is 0.0765. The summed E-state index contributed by atoms with van der Waals surface area (Å²) < 4.78 is 1.82. The molecule has 1 fully saturated rings. The lowest BCUT2D eigenvalue weighted by Crippen LogP contribution is -2.38. The van der Waals surface area contributed by atoms with E-state index in [2.05, 4.69) is 15.3 Å². The predicted molar refractivity (Wildman–Crippen MR) is 156 cm³/mol. The lowest BCUT2D eigenvalue weighted by Gasteiger charge is -2.35. The maximum absolute atomic E-state index is 13.7. The molecule has 200 valence electrons. The van der Waals surface area contributed by atoms with Crippen LogP contribution in [-0.2, 0) is 13.0 Å². The van der Waals surface area contributed by atoms with Crippen LogP contribution in [0.4, 0.5) is 11.4 Å². The molecule has 5 N–H and O–H groups in total. The first-order valence-electron chi connectivity index (χ1n) is 13.3. The Balaban J connectivity index is 1.35. The maximum Gasteiger partial charge on any atom is 0.261 e. The molecule has 9 heteroatoms. The van der Waals surface area contributed by atoms with Crippen molar-refractivity contribution in [1.29, 1.82) is 0 Å². The number of hydrazone groups is 1. The van der Waals surface area contributed by atoms with Crippen LogP contribution in [0.1, 0.15) is 41.5 Å². The number of fused-ring (bicyclic) bond motifs is 1. The lowest BCUT2D eigenvalue weighted by atomic mass is 9.95. The molecule has 9 nitrogen and oxygen atoms in total. The van der Waals surface area contributed by atoms with E-state index in [0.29, 0.717) is 46.9 Å². The van der Waals surface area contributed by atoms with Crippen LogP contribution in [0.3, 0.4) is 0 Å². The Hall–Kier alpha value is -4.66. The quantitative estimate of drug-likeness (QED) is 0.146. The molecule has 1 aliphatic heterocycles. The van der Waals surface area contributed by atoms with Crippen LogP contribution in [0.2, 0.25) is 0 Å². The van der Waals surface area contributed by atoms with E-state index < -0.39 is 0 Å². The third-order valence-corrected chi connectivity index (χ3v) is 7.36. The zero-order valence-electron chi connectivity index (χ0n) is 22.0. The number of rotatable bonds is 7. The van der Waals surface area contributed by atoms with Crippen LogP contribution in [0.25, 0.3) is 10.9 Å². The Morgan fingerprint density at radius 1 is 1.05 bits per heavy atom. The minimum Gasteiger partial charge on any atom is -0.382 e. The number of carbonyl (C=O) groups excluding carboxylic acids is 1. The molecule has 5 rings (SSSR count). The highest BCUT2D eigenvalue weighted by atomic mass is 16.1. The highest BCUT2D eigenvalue weighted by Crippen LogP contribution is 2.27. The normalized spacial score (nSPS) is 14.5. The van der Waals surface area contributed by atoms with Crippen molar-refractivity contribution >= 4 is 34.0 Å². The molecule has 39 heavy (non-hydrogen) atoms. The van der Waals surface area contributed by atoms with Crippen LogP contribution < -0.4 is 27.4 Å². The summed E-state index contributed by atoms with van der Waals surface area (Å²) in [6, 6.07) is 22.2. The van der Waals surface area contributed by atoms with Gasteiger partial charge in [0, 0.05) is 48.6 Å². The van der Waals surface area contributed by atoms with Crippen LogP contribution in [0.15, 0.2) is 82.7 Å². The summed E-state index contributed by atoms with van der Waals surface area (Å²) in [6.45, 7) is 4.30. The molecule has 0 radical (unpaired) electrons. The van der Waals surface area contributed by atoms with Crippen LogP contribution >= 0.6 is 0 Å². The van der Waals surface area contributed by atoms with Gasteiger partial charge in [0.1, 0.15) is 5.82 Å². The van der Waals surface area contributed by atoms with E-state index >= 15 is 0 Å². The largest absolute Gasteiger partial charge is 0.382 e. The number of amides is 1. The van der Waals surface area contributed by atoms with Gasteiger partial charge < -0.3 is 21.8 Å². The molecule has 4 aromatic rings. The second-order valence-corrected chi connectivity index (χ2v) is 9.81. The summed E-state index contributed by atoms with van der Waals surface area (Å²) in [5, 5.41) is 7.07. The fraction of sp³-hybridized carbons (Fsp3) is 0.267. The van der Waals surface area contributed by atoms with Crippen molar-refractivity contribution < 1.29 is 4.79 Å². The second kappa shape index (κ2) is 11.4. The average molecular weight is 524 g/mol. The Bertz CT molecular complexity index is 1570. The number of para-hydroxylation sites is 1. The number of hydrogen-bond donors (Lipinski definition) is 3. The molecule has 3 aromatic carbocycles. The third kappa shape index (κ3) is 5.47. The van der Waals surface area contributed by atoms with E-state index in [1.165, 1.54) is 0 Å². The molecule has 1 aromatic heterocycles. The number of aryl methyl sites for hydroxylation is 1. The van der Waals surface area contributed by atoms with Gasteiger partial charge in [-0.15, -0.1) is 0 Å². The number of amidine groups is 1. The first-order chi connectivity index (χ1) is 19.0. The maximum atomic E-state index is 13.7. The topological polar surface area (TPSA) is 132 Å². The van der Waals surface area contributed by atoms with Gasteiger partial charge in [0.15, 0.2) is 5.84 Å². The first kappa shape index (κ1) is 26.0. The van der Waals surface area contributed by atoms with E-state index in [4.69, 9.17) is 16.6 Å². The van der Waals surface area contributed by atoms with Crippen molar-refractivity contribution in [1.82, 2.24) is 9.55 Å². The summed E-state index contributed by atoms with van der Waals surface area (Å²) in [6.07, 6.45) is 2.51. The Morgan fingerprint density at radius 2 is 1.77 bits per heavy atom. The second-order valence-electron chi connectivity index (χ2n) is 9.81. The summed E-state index contributed by atoms with van der Waals surface area (Å²) >= 11 is 0. The molecule has 2 heterocycles. The number of nitrogens with two attached hydrogens (primary N) is 2. The molecule has 1 aliphatic rings. The van der Waals surface area contributed by atoms with E-state index in [0.717, 1.165) is 43.0 Å². The average Bonchev–Trinajstić information content (AvgIpc) is 2.99. The van der Waals surface area contributed by atoms with E-state index in [1.807, 2.05) is 54.0 Å². The Kier molecular flexibility index (Phi) is 7.58. The van der Waals surface area contributed by atoms with Crippen molar-refractivity contribution in [3.05, 3.63) is 100 Å². The van der Waals surface area contributed by atoms with Gasteiger partial charge in [-0.1, -0.05) is 37.3 Å². The van der Waals surface area contributed by atoms with Gasteiger partial charge in [0.05, 0.1) is 10.9 Å². The van der Waals surface area contributed by atoms with Crippen LogP contribution in [-0.4, -0.2) is 34.4 Å². The fourth-order valence-electron chi connectivity index (χ4n) is 5.25. The monoisotopic (exact) mass is 523 g/mol. The van der Waals surface area contributed by atoms with Gasteiger partial charge in [-0.05, 0) is 61.2 Å². The molecule has 1 saturated heterocycles. The number of aromatic nitrogens is 2. The molecule has 0 atom stereocenters. The molecular weight excluding hydrogens is 490 g/mol. The van der Waals surface area contributed by atoms with Crippen molar-refractivity contribution in [3.63, 3.8) is 0 Å². The van der Waals surface area contributed by atoms with Crippen LogP contribution in [0, 0.1) is 5.92 Å². The number of nitrogens with zero attached hydrogens (tertiary/aromatic N) is 4. The standard InChI is InChI=1S/C30H33N7O2/c1-2-27-34-25-13-12-22(33-29(38)21-8-4-3-5-9-21)18-24(25)30(39)37(27)19-20-14-16-36(17-15-20)26-11-7-6-10-23(26)28(31)35-32/h3-13,18,20H,2,14-17,19,32H2,1H3,(H2,31,35)(H,33,38). The van der Waals surface area contributed by atoms with Gasteiger partial charge in [-0.25, -0.2) is 4.98 Å². The SMILES string of the molecule is CCc1nc2ccc(NC(=O)c3ccccc3)cc2c(=O)n1CC1CCN(c2ccccc2/C(N)=N/N)CC1. The minimum atomic E-state index is -0.221. The van der Waals surface area contributed by atoms with Crippen molar-refractivity contribution in [3.8, 4) is 0 Å². The number of hydrogen-bond acceptors (Lipinski definition) is 6. The van der Waals surface area contributed by atoms with Gasteiger partial charge in [0.25, 0.3) is 11.5 Å². The molecule has 0 saturated carbocycles. The highest BCUT2D eigenvalue weighted by Gasteiger charge is 2.24. The Morgan fingerprint density at radius 3 is 2.49 bits per heavy atom. The number of carbonyl (C=O) groups is 1. The van der Waals surface area contributed by atoms with E-state index in [1.54, 1.807) is 30.3 Å². The van der Waals surface area contributed by atoms with Crippen molar-refractivity contribution in [2.24, 2.45) is 22.6 Å². The summed E-state index contributed by atoms with van der Waals surface area (Å²) in [5.41, 5.74) is 9.56. The zero-order chi connectivity index (χ0) is 27.4. The fourth-order valence-corrected chi connectivity index (χ4v) is 5.25. The number of nitrogens with one attached hydrogen (secondary N) is 1. The molecule has 1 amide bonds. The highest BCUT2D eigenvalue weighted by molar-refractivity contribution is 6.05. The molecule has 0 spiro atoms. The summed E-state index contributed by atoms with van der Waals surface area (Å²) in [5.74, 6) is 6.63. The molecule has 0 unspecified atom stereocenters. The third-order valence-electron chi connectivity index (χ3n) is 7.36. The number of benzene rings is 3. The smallest absolute Gasteiger partial charge is 0.261 e. The zero-order valence-corrected chi connectivity index (χ0v) is 22.0. The van der Waals surface area contributed by atoms with Crippen LogP contribution in [0.5, 0.6) is 0 Å². The lowest BCUT2D eigenvalue weighted by molar-refractivity contribution is 0.102. The van der Waals surface area contributed by atoms with Gasteiger partial charge in [0.2, 0.25) is 0 Å². The van der Waals surface area contributed by atoms with E-state index in [9.17, 15) is 9.59 Å². The van der Waals surface area contributed by atoms with Gasteiger partial charge >= 0.3 is 0 Å². The molecular formula is C30H33N7O2. The first-order valence-corrected chi connectivity index (χ1v) is 13.3. The number of anilines is 2. The summed E-state index contributed by atoms with van der Waals surface area (Å²) in [7, 11) is 0. The summed E-state index contributed by atoms with van der Waals surface area (Å²) in [4.78, 5) is 33.4. The van der Waals surface area contributed by atoms with E-state index in [-0.39, 0.29) is 11.5 Å². The van der Waals surface area contributed by atoms with Gasteiger partial charge in [-0.2, -0.15) is 5.10 Å². The Labute approximate surface area is 227 Å². The van der Waals surface area contributed by atoms with Gasteiger partial charge in [-0.3, -0.25) is 14.2 Å². The van der Waals surface area contributed by atoms with Crippen molar-refractivity contribution in [2.45, 2.75) is 32.7 Å². The van der Waals surface area contributed by atoms with Crippen molar-refractivity contribution in [2.75, 3.05) is 23.3 Å². The number of piperidine rings is 1. The predicted octanol–water partition coefficient (Wildman–Crippen LogP) is 3.71. The molecule has 0 bridgehead atoms. The molecule has 0 aliphatic carbocycles.